The van der Waals surface area contributed by atoms with Gasteiger partial charge in [-0.3, -0.25) is 5.10 Å². The molecule has 0 unspecified atom stereocenters. The molecule has 114 valence electrons. The number of hydrogen-bond acceptors (Lipinski definition) is 6. The molecule has 0 saturated heterocycles. The van der Waals surface area contributed by atoms with Crippen molar-refractivity contribution in [1.29, 1.82) is 0 Å². The van der Waals surface area contributed by atoms with Gasteiger partial charge in [0.2, 0.25) is 0 Å². The highest BCUT2D eigenvalue weighted by atomic mass is 16.5. The zero-order chi connectivity index (χ0) is 15.5. The number of H-pyrrole nitrogens is 1. The van der Waals surface area contributed by atoms with Crippen LogP contribution < -0.4 is 11.1 Å². The van der Waals surface area contributed by atoms with Crippen LogP contribution >= 0.6 is 0 Å². The number of hydrogen-bond donors (Lipinski definition) is 3. The summed E-state index contributed by atoms with van der Waals surface area (Å²) in [4.78, 5) is 16.3. The molecule has 0 spiro atoms. The maximum atomic E-state index is 11.7. The van der Waals surface area contributed by atoms with Crippen LogP contribution in [0.3, 0.4) is 0 Å². The molecule has 2 aromatic heterocycles. The van der Waals surface area contributed by atoms with E-state index in [0.717, 1.165) is 29.3 Å². The molecule has 0 aliphatic rings. The molecule has 0 saturated carbocycles. The first-order chi connectivity index (χ1) is 10.7. The summed E-state index contributed by atoms with van der Waals surface area (Å²) in [6, 6.07) is 5.31. The van der Waals surface area contributed by atoms with Gasteiger partial charge >= 0.3 is 5.97 Å². The highest BCUT2D eigenvalue weighted by molar-refractivity contribution is 6.09. The van der Waals surface area contributed by atoms with Gasteiger partial charge in [0.05, 0.1) is 24.4 Å². The van der Waals surface area contributed by atoms with Crippen LogP contribution in [0.5, 0.6) is 0 Å². The topological polar surface area (TPSA) is 106 Å². The number of rotatable bonds is 5. The Morgan fingerprint density at radius 2 is 2.27 bits per heavy atom. The zero-order valence-corrected chi connectivity index (χ0v) is 12.2. The van der Waals surface area contributed by atoms with Gasteiger partial charge in [0, 0.05) is 17.3 Å². The Hall–Kier alpha value is -2.67. The molecule has 0 atom stereocenters. The van der Waals surface area contributed by atoms with Crippen LogP contribution in [0.15, 0.2) is 24.4 Å². The van der Waals surface area contributed by atoms with Crippen molar-refractivity contribution in [2.45, 2.75) is 6.42 Å². The van der Waals surface area contributed by atoms with Crippen molar-refractivity contribution in [3.05, 3.63) is 30.0 Å². The Morgan fingerprint density at radius 1 is 1.41 bits per heavy atom. The number of fused-ring (bicyclic) bond motifs is 3. The number of benzene rings is 1. The number of aromatic nitrogens is 3. The summed E-state index contributed by atoms with van der Waals surface area (Å²) < 4.78 is 4.75. The Balaban J connectivity index is 2.12. The number of carbonyl (C=O) groups excluding carboxylic acids is 1. The van der Waals surface area contributed by atoms with E-state index in [-0.39, 0.29) is 5.97 Å². The number of methoxy groups -OCH3 is 1. The molecule has 3 rings (SSSR count). The molecular formula is C15H17N5O2. The molecule has 4 N–H and O–H groups in total. The van der Waals surface area contributed by atoms with Crippen LogP contribution in [0.1, 0.15) is 16.8 Å². The second-order valence-corrected chi connectivity index (χ2v) is 4.91. The Morgan fingerprint density at radius 3 is 3.05 bits per heavy atom. The summed E-state index contributed by atoms with van der Waals surface area (Å²) in [6.07, 6.45) is 2.60. The third kappa shape index (κ3) is 2.46. The Bertz CT molecular complexity index is 827. The lowest BCUT2D eigenvalue weighted by Gasteiger charge is -2.09. The van der Waals surface area contributed by atoms with Crippen molar-refractivity contribution in [3.8, 4) is 0 Å². The predicted molar refractivity (Wildman–Crippen MR) is 84.9 cm³/mol. The molecule has 0 fully saturated rings. The van der Waals surface area contributed by atoms with Gasteiger partial charge in [0.25, 0.3) is 0 Å². The number of nitrogens with one attached hydrogen (secondary N) is 2. The van der Waals surface area contributed by atoms with E-state index < -0.39 is 0 Å². The van der Waals surface area contributed by atoms with Crippen molar-refractivity contribution in [1.82, 2.24) is 15.2 Å². The SMILES string of the molecule is COC(=O)c1ccc2c(c1)nc(NCCCN)c1[nH]ncc12. The van der Waals surface area contributed by atoms with Crippen LogP contribution in [0.25, 0.3) is 21.8 Å². The zero-order valence-electron chi connectivity index (χ0n) is 12.2. The van der Waals surface area contributed by atoms with E-state index >= 15 is 0 Å². The fourth-order valence-corrected chi connectivity index (χ4v) is 2.38. The summed E-state index contributed by atoms with van der Waals surface area (Å²) >= 11 is 0. The molecule has 22 heavy (non-hydrogen) atoms. The minimum Gasteiger partial charge on any atom is -0.465 e. The fourth-order valence-electron chi connectivity index (χ4n) is 2.38. The molecule has 0 aliphatic heterocycles. The van der Waals surface area contributed by atoms with Crippen LogP contribution in [-0.2, 0) is 4.74 Å². The molecule has 7 nitrogen and oxygen atoms in total. The number of aromatic amines is 1. The van der Waals surface area contributed by atoms with Gasteiger partial charge in [0.15, 0.2) is 5.82 Å². The third-order valence-electron chi connectivity index (χ3n) is 3.49. The average molecular weight is 299 g/mol. The first-order valence-electron chi connectivity index (χ1n) is 7.03. The molecule has 0 radical (unpaired) electrons. The number of nitrogens with zero attached hydrogens (tertiary/aromatic N) is 2. The molecule has 2 heterocycles. The predicted octanol–water partition coefficient (Wildman–Crippen LogP) is 1.66. The lowest BCUT2D eigenvalue weighted by atomic mass is 10.1. The lowest BCUT2D eigenvalue weighted by molar-refractivity contribution is 0.0601. The first kappa shape index (κ1) is 14.3. The van der Waals surface area contributed by atoms with Crippen LogP contribution in [0, 0.1) is 0 Å². The Kier molecular flexibility index (Phi) is 3.88. The van der Waals surface area contributed by atoms with Gasteiger partial charge in [-0.2, -0.15) is 5.10 Å². The van der Waals surface area contributed by atoms with Gasteiger partial charge in [-0.1, -0.05) is 6.07 Å². The van der Waals surface area contributed by atoms with E-state index in [2.05, 4.69) is 20.5 Å². The first-order valence-corrected chi connectivity index (χ1v) is 7.03. The summed E-state index contributed by atoms with van der Waals surface area (Å²) in [5.74, 6) is 0.323. The normalized spacial score (nSPS) is 11.0. The second-order valence-electron chi connectivity index (χ2n) is 4.91. The van der Waals surface area contributed by atoms with Crippen molar-refractivity contribution in [2.24, 2.45) is 5.73 Å². The molecule has 0 amide bonds. The largest absolute Gasteiger partial charge is 0.465 e. The number of pyridine rings is 1. The number of esters is 1. The smallest absolute Gasteiger partial charge is 0.337 e. The van der Waals surface area contributed by atoms with E-state index in [1.54, 1.807) is 18.3 Å². The second kappa shape index (κ2) is 5.98. The molecule has 0 bridgehead atoms. The third-order valence-corrected chi connectivity index (χ3v) is 3.49. The minimum atomic E-state index is -0.381. The van der Waals surface area contributed by atoms with Crippen molar-refractivity contribution in [2.75, 3.05) is 25.5 Å². The standard InChI is InChI=1S/C15H17N5O2/c1-22-15(21)9-3-4-10-11-8-18-20-13(11)14(17-6-2-5-16)19-12(10)7-9/h3-4,7-8H,2,5-6,16H2,1H3,(H,17,19)(H,18,20). The van der Waals surface area contributed by atoms with Crippen LogP contribution in [0.4, 0.5) is 5.82 Å². The van der Waals surface area contributed by atoms with Gasteiger partial charge in [0.1, 0.15) is 5.52 Å². The van der Waals surface area contributed by atoms with Crippen molar-refractivity contribution < 1.29 is 9.53 Å². The highest BCUT2D eigenvalue weighted by Crippen LogP contribution is 2.28. The van der Waals surface area contributed by atoms with Gasteiger partial charge < -0.3 is 15.8 Å². The van der Waals surface area contributed by atoms with Crippen molar-refractivity contribution >= 4 is 33.6 Å². The highest BCUT2D eigenvalue weighted by Gasteiger charge is 2.12. The Labute approximate surface area is 126 Å². The lowest BCUT2D eigenvalue weighted by Crippen LogP contribution is -2.10. The molecule has 1 aromatic carbocycles. The van der Waals surface area contributed by atoms with Gasteiger partial charge in [-0.25, -0.2) is 9.78 Å². The molecule has 3 aromatic rings. The number of anilines is 1. The van der Waals surface area contributed by atoms with E-state index in [9.17, 15) is 4.79 Å². The molecule has 0 aliphatic carbocycles. The number of ether oxygens (including phenoxy) is 1. The van der Waals surface area contributed by atoms with E-state index in [1.807, 2.05) is 6.07 Å². The minimum absolute atomic E-state index is 0.381. The monoisotopic (exact) mass is 299 g/mol. The van der Waals surface area contributed by atoms with Gasteiger partial charge in [-0.05, 0) is 25.1 Å². The summed E-state index contributed by atoms with van der Waals surface area (Å²) in [6.45, 7) is 1.33. The number of nitrogens with two attached hydrogens (primary N) is 1. The molecular weight excluding hydrogens is 282 g/mol. The summed E-state index contributed by atoms with van der Waals surface area (Å²) in [5, 5.41) is 12.2. The number of carbonyl (C=O) groups is 1. The average Bonchev–Trinajstić information content (AvgIpc) is 3.03. The summed E-state index contributed by atoms with van der Waals surface area (Å²) in [7, 11) is 1.36. The fraction of sp³-hybridized carbons (Fsp3) is 0.267. The maximum Gasteiger partial charge on any atom is 0.337 e. The van der Waals surface area contributed by atoms with Crippen LogP contribution in [0.2, 0.25) is 0 Å². The van der Waals surface area contributed by atoms with Gasteiger partial charge in [-0.15, -0.1) is 0 Å². The van der Waals surface area contributed by atoms with E-state index in [0.29, 0.717) is 23.4 Å². The summed E-state index contributed by atoms with van der Waals surface area (Å²) in [5.41, 5.74) is 7.54. The molecule has 7 heteroatoms. The van der Waals surface area contributed by atoms with E-state index in [4.69, 9.17) is 10.5 Å². The van der Waals surface area contributed by atoms with E-state index in [1.165, 1.54) is 7.11 Å². The van der Waals surface area contributed by atoms with Crippen LogP contribution in [-0.4, -0.2) is 41.3 Å². The quantitative estimate of drug-likeness (QED) is 0.488. The van der Waals surface area contributed by atoms with Crippen molar-refractivity contribution in [3.63, 3.8) is 0 Å². The maximum absolute atomic E-state index is 11.7.